The van der Waals surface area contributed by atoms with Crippen molar-refractivity contribution in [1.29, 1.82) is 0 Å². The SMILES string of the molecule is COc1cc(OCc2ccccc2)c2c(c1OC)[C@]13CCN(C)[C@H](C2)[C@@H]1CCC(=O)C3.Cl. The Kier molecular flexibility index (Phi) is 6.42. The number of ether oxygens (including phenoxy) is 3. The predicted molar refractivity (Wildman–Crippen MR) is 126 cm³/mol. The average Bonchev–Trinajstić information content (AvgIpc) is 2.79. The number of likely N-dealkylation sites (tertiary alicyclic amines) is 1. The van der Waals surface area contributed by atoms with Gasteiger partial charge in [-0.2, -0.15) is 0 Å². The number of rotatable bonds is 5. The van der Waals surface area contributed by atoms with Gasteiger partial charge >= 0.3 is 0 Å². The molecule has 0 radical (unpaired) electrons. The minimum Gasteiger partial charge on any atom is -0.493 e. The van der Waals surface area contributed by atoms with E-state index < -0.39 is 0 Å². The van der Waals surface area contributed by atoms with Crippen molar-refractivity contribution in [3.05, 3.63) is 53.1 Å². The third-order valence-electron chi connectivity index (χ3n) is 7.78. The summed E-state index contributed by atoms with van der Waals surface area (Å²) in [7, 11) is 5.61. The van der Waals surface area contributed by atoms with Crippen molar-refractivity contribution in [3.8, 4) is 17.2 Å². The van der Waals surface area contributed by atoms with Crippen LogP contribution in [0.5, 0.6) is 17.2 Å². The van der Waals surface area contributed by atoms with Crippen LogP contribution in [0, 0.1) is 5.92 Å². The van der Waals surface area contributed by atoms with E-state index in [-0.39, 0.29) is 17.8 Å². The van der Waals surface area contributed by atoms with Crippen LogP contribution >= 0.6 is 12.4 Å². The van der Waals surface area contributed by atoms with Crippen molar-refractivity contribution < 1.29 is 19.0 Å². The van der Waals surface area contributed by atoms with Crippen molar-refractivity contribution in [2.75, 3.05) is 27.8 Å². The minimum atomic E-state index is -0.190. The molecule has 1 heterocycles. The Morgan fingerprint density at radius 2 is 1.91 bits per heavy atom. The molecule has 0 aromatic heterocycles. The van der Waals surface area contributed by atoms with Crippen LogP contribution in [0.1, 0.15) is 42.4 Å². The molecular formula is C26H32ClNO4. The lowest BCUT2D eigenvalue weighted by molar-refractivity contribution is -0.127. The number of halogens is 1. The van der Waals surface area contributed by atoms with Gasteiger partial charge in [0.15, 0.2) is 11.5 Å². The number of ketones is 1. The maximum atomic E-state index is 12.7. The zero-order valence-corrected chi connectivity index (χ0v) is 19.9. The number of methoxy groups -OCH3 is 2. The molecule has 5 nitrogen and oxygen atoms in total. The molecular weight excluding hydrogens is 426 g/mol. The van der Waals surface area contributed by atoms with E-state index in [2.05, 4.69) is 24.1 Å². The van der Waals surface area contributed by atoms with Gasteiger partial charge in [0.2, 0.25) is 0 Å². The molecule has 2 aliphatic carbocycles. The van der Waals surface area contributed by atoms with Gasteiger partial charge in [-0.1, -0.05) is 30.3 Å². The van der Waals surface area contributed by atoms with Gasteiger partial charge in [-0.05, 0) is 44.3 Å². The molecule has 3 atom stereocenters. The highest BCUT2D eigenvalue weighted by Crippen LogP contribution is 2.60. The number of nitrogens with zero attached hydrogens (tertiary/aromatic N) is 1. The second kappa shape index (κ2) is 8.95. The first-order valence-electron chi connectivity index (χ1n) is 11.2. The monoisotopic (exact) mass is 457 g/mol. The minimum absolute atomic E-state index is 0. The number of hydrogen-bond acceptors (Lipinski definition) is 5. The van der Waals surface area contributed by atoms with Gasteiger partial charge in [0, 0.05) is 41.5 Å². The summed E-state index contributed by atoms with van der Waals surface area (Å²) in [5, 5.41) is 0. The number of benzene rings is 2. The second-order valence-corrected chi connectivity index (χ2v) is 9.26. The molecule has 0 amide bonds. The summed E-state index contributed by atoms with van der Waals surface area (Å²) in [6.45, 7) is 1.49. The van der Waals surface area contributed by atoms with Crippen LogP contribution in [0.2, 0.25) is 0 Å². The highest BCUT2D eigenvalue weighted by molar-refractivity contribution is 5.85. The summed E-state index contributed by atoms with van der Waals surface area (Å²) in [5.41, 5.74) is 3.30. The molecule has 1 aliphatic heterocycles. The largest absolute Gasteiger partial charge is 0.493 e. The summed E-state index contributed by atoms with van der Waals surface area (Å²) in [5.74, 6) is 3.15. The van der Waals surface area contributed by atoms with Gasteiger partial charge in [0.25, 0.3) is 0 Å². The van der Waals surface area contributed by atoms with Gasteiger partial charge in [0.1, 0.15) is 18.1 Å². The standard InChI is InChI=1S/C26H31NO4.ClH/c1-27-12-11-26-15-18(28)9-10-20(26)21(27)13-19-22(31-16-17-7-5-4-6-8-17)14-23(29-2)25(30-3)24(19)26;/h4-8,14,20-21H,9-13,15-16H2,1-3H3;1H/t20-,21+,26-;/m0./s1. The van der Waals surface area contributed by atoms with Crippen LogP contribution in [-0.2, 0) is 23.2 Å². The van der Waals surface area contributed by atoms with Crippen molar-refractivity contribution in [2.45, 2.75) is 50.2 Å². The maximum Gasteiger partial charge on any atom is 0.165 e. The maximum absolute atomic E-state index is 12.7. The van der Waals surface area contributed by atoms with E-state index in [1.54, 1.807) is 14.2 Å². The van der Waals surface area contributed by atoms with E-state index >= 15 is 0 Å². The number of carbonyl (C=O) groups excluding carboxylic acids is 1. The first-order valence-corrected chi connectivity index (χ1v) is 11.2. The van der Waals surface area contributed by atoms with E-state index in [0.29, 0.717) is 42.9 Å². The summed E-state index contributed by atoms with van der Waals surface area (Å²) in [4.78, 5) is 15.2. The fraction of sp³-hybridized carbons (Fsp3) is 0.500. The molecule has 0 spiro atoms. The zero-order chi connectivity index (χ0) is 21.6. The van der Waals surface area contributed by atoms with Gasteiger partial charge < -0.3 is 19.1 Å². The normalized spacial score (nSPS) is 26.4. The van der Waals surface area contributed by atoms with Crippen molar-refractivity contribution in [3.63, 3.8) is 0 Å². The highest BCUT2D eigenvalue weighted by atomic mass is 35.5. The lowest BCUT2D eigenvalue weighted by Crippen LogP contribution is -2.61. The second-order valence-electron chi connectivity index (χ2n) is 9.26. The van der Waals surface area contributed by atoms with E-state index in [1.165, 1.54) is 11.1 Å². The molecule has 2 aromatic rings. The molecule has 0 unspecified atom stereocenters. The van der Waals surface area contributed by atoms with E-state index in [0.717, 1.165) is 42.9 Å². The third kappa shape index (κ3) is 3.56. The van der Waals surface area contributed by atoms with E-state index in [9.17, 15) is 4.79 Å². The summed E-state index contributed by atoms with van der Waals surface area (Å²) < 4.78 is 18.1. The van der Waals surface area contributed by atoms with Gasteiger partial charge in [-0.25, -0.2) is 0 Å². The molecule has 2 fully saturated rings. The van der Waals surface area contributed by atoms with Crippen molar-refractivity contribution in [2.24, 2.45) is 5.92 Å². The zero-order valence-electron chi connectivity index (χ0n) is 19.1. The van der Waals surface area contributed by atoms with E-state index in [4.69, 9.17) is 14.2 Å². The molecule has 3 aliphatic rings. The fourth-order valence-corrected chi connectivity index (χ4v) is 6.36. The average molecular weight is 458 g/mol. The quantitative estimate of drug-likeness (QED) is 0.658. The molecule has 2 aromatic carbocycles. The highest BCUT2D eigenvalue weighted by Gasteiger charge is 2.57. The summed E-state index contributed by atoms with van der Waals surface area (Å²) >= 11 is 0. The van der Waals surface area contributed by atoms with Crippen LogP contribution < -0.4 is 14.2 Å². The lowest BCUT2D eigenvalue weighted by atomic mass is 9.52. The number of Topliss-reactive ketones (excluding diaryl/α,β-unsaturated/α-hetero) is 1. The Balaban J connectivity index is 0.00000245. The molecule has 5 rings (SSSR count). The Bertz CT molecular complexity index is 995. The number of hydrogen-bond donors (Lipinski definition) is 0. The molecule has 32 heavy (non-hydrogen) atoms. The lowest BCUT2D eigenvalue weighted by Gasteiger charge is -2.58. The van der Waals surface area contributed by atoms with Gasteiger partial charge in [-0.3, -0.25) is 4.79 Å². The number of fused-ring (bicyclic) bond motifs is 1. The number of carbonyl (C=O) groups is 1. The number of likely N-dealkylation sites (N-methyl/N-ethyl adjacent to an activating group) is 1. The molecule has 2 bridgehead atoms. The van der Waals surface area contributed by atoms with E-state index in [1.807, 2.05) is 24.3 Å². The Morgan fingerprint density at radius 3 is 2.62 bits per heavy atom. The molecule has 1 saturated heterocycles. The van der Waals surface area contributed by atoms with Crippen LogP contribution in [-0.4, -0.2) is 44.5 Å². The smallest absolute Gasteiger partial charge is 0.165 e. The van der Waals surface area contributed by atoms with Crippen LogP contribution in [0.25, 0.3) is 0 Å². The van der Waals surface area contributed by atoms with Crippen LogP contribution in [0.15, 0.2) is 36.4 Å². The number of piperidine rings is 1. The van der Waals surface area contributed by atoms with Gasteiger partial charge in [0.05, 0.1) is 14.2 Å². The first kappa shape index (κ1) is 22.9. The van der Waals surface area contributed by atoms with Crippen molar-refractivity contribution >= 4 is 18.2 Å². The Labute approximate surface area is 196 Å². The van der Waals surface area contributed by atoms with Crippen LogP contribution in [0.3, 0.4) is 0 Å². The Morgan fingerprint density at radius 1 is 1.12 bits per heavy atom. The first-order chi connectivity index (χ1) is 15.1. The predicted octanol–water partition coefficient (Wildman–Crippen LogP) is 4.57. The van der Waals surface area contributed by atoms with Crippen LogP contribution in [0.4, 0.5) is 0 Å². The molecule has 6 heteroatoms. The Hall–Kier alpha value is -2.24. The van der Waals surface area contributed by atoms with Crippen molar-refractivity contribution in [1.82, 2.24) is 4.90 Å². The molecule has 172 valence electrons. The fourth-order valence-electron chi connectivity index (χ4n) is 6.36. The molecule has 1 saturated carbocycles. The third-order valence-corrected chi connectivity index (χ3v) is 7.78. The summed E-state index contributed by atoms with van der Waals surface area (Å²) in [6, 6.07) is 12.6. The van der Waals surface area contributed by atoms with Gasteiger partial charge in [-0.15, -0.1) is 12.4 Å². The summed E-state index contributed by atoms with van der Waals surface area (Å²) in [6.07, 6.45) is 4.11. The topological polar surface area (TPSA) is 48.0 Å². The molecule has 0 N–H and O–H groups in total.